The van der Waals surface area contributed by atoms with Crippen LogP contribution in [-0.4, -0.2) is 59.6 Å². The van der Waals surface area contributed by atoms with Crippen LogP contribution < -0.4 is 10.5 Å². The summed E-state index contributed by atoms with van der Waals surface area (Å²) in [7, 11) is 1.69. The largest absolute Gasteiger partial charge is 0.497 e. The zero-order valence-electron chi connectivity index (χ0n) is 17.6. The minimum Gasteiger partial charge on any atom is -0.497 e. The van der Waals surface area contributed by atoms with Crippen molar-refractivity contribution in [1.29, 1.82) is 0 Å². The van der Waals surface area contributed by atoms with Gasteiger partial charge in [0.1, 0.15) is 12.3 Å². The lowest BCUT2D eigenvalue weighted by Crippen LogP contribution is -2.47. The molecule has 1 amide bonds. The minimum atomic E-state index is -0.315. The summed E-state index contributed by atoms with van der Waals surface area (Å²) in [5.74, 6) is 0.532. The first kappa shape index (κ1) is 20.2. The van der Waals surface area contributed by atoms with E-state index in [-0.39, 0.29) is 12.5 Å². The summed E-state index contributed by atoms with van der Waals surface area (Å²) in [6.45, 7) is 5.95. The van der Waals surface area contributed by atoms with Gasteiger partial charge in [-0.25, -0.2) is 0 Å². The van der Waals surface area contributed by atoms with Gasteiger partial charge in [0.2, 0.25) is 5.91 Å². The third kappa shape index (κ3) is 4.75. The molecule has 1 atom stereocenters. The maximum absolute atomic E-state index is 11.6. The summed E-state index contributed by atoms with van der Waals surface area (Å²) in [5.41, 5.74) is 7.79. The number of methoxy groups -OCH3 is 1. The monoisotopic (exact) mass is 398 g/mol. The highest BCUT2D eigenvalue weighted by Gasteiger charge is 2.26. The molecule has 0 spiro atoms. The minimum absolute atomic E-state index is 0.208. The molecule has 158 valence electrons. The van der Waals surface area contributed by atoms with Gasteiger partial charge in [-0.05, 0) is 69.1 Å². The third-order valence-electron chi connectivity index (χ3n) is 6.54. The van der Waals surface area contributed by atoms with Crippen molar-refractivity contribution in [2.45, 2.75) is 57.7 Å². The summed E-state index contributed by atoms with van der Waals surface area (Å²) in [4.78, 5) is 16.9. The molecule has 2 aliphatic rings. The van der Waals surface area contributed by atoms with Crippen LogP contribution >= 0.6 is 0 Å². The zero-order chi connectivity index (χ0) is 20.2. The zero-order valence-corrected chi connectivity index (χ0v) is 17.6. The Labute approximate surface area is 173 Å². The molecule has 0 aliphatic carbocycles. The number of carbonyl (C=O) groups excluding carboxylic acids is 1. The second-order valence-electron chi connectivity index (χ2n) is 8.61. The van der Waals surface area contributed by atoms with Crippen molar-refractivity contribution < 1.29 is 9.53 Å². The van der Waals surface area contributed by atoms with Crippen molar-refractivity contribution in [2.24, 2.45) is 5.73 Å². The predicted octanol–water partition coefficient (Wildman–Crippen LogP) is 2.98. The van der Waals surface area contributed by atoms with Gasteiger partial charge in [0.25, 0.3) is 0 Å². The molecule has 29 heavy (non-hydrogen) atoms. The molecule has 2 fully saturated rings. The summed E-state index contributed by atoms with van der Waals surface area (Å²) in [5, 5.41) is 1.16. The fourth-order valence-electron chi connectivity index (χ4n) is 5.04. The molecule has 0 saturated carbocycles. The van der Waals surface area contributed by atoms with Gasteiger partial charge in [0.05, 0.1) is 7.11 Å². The lowest BCUT2D eigenvalue weighted by molar-refractivity contribution is -0.118. The summed E-state index contributed by atoms with van der Waals surface area (Å²) < 4.78 is 7.44. The molecule has 6 heteroatoms. The fraction of sp³-hybridized carbons (Fsp3) is 0.609. The molecule has 1 unspecified atom stereocenters. The number of nitrogens with two attached hydrogens (primary N) is 1. The van der Waals surface area contributed by atoms with E-state index >= 15 is 0 Å². The first-order chi connectivity index (χ1) is 14.1. The van der Waals surface area contributed by atoms with E-state index in [1.165, 1.54) is 63.7 Å². The second-order valence-corrected chi connectivity index (χ2v) is 8.61. The van der Waals surface area contributed by atoms with Crippen molar-refractivity contribution in [3.8, 4) is 5.75 Å². The Morgan fingerprint density at radius 1 is 1.14 bits per heavy atom. The number of nitrogens with zero attached hydrogens (tertiary/aromatic N) is 3. The number of likely N-dealkylation sites (tertiary alicyclic amines) is 2. The van der Waals surface area contributed by atoms with E-state index in [4.69, 9.17) is 10.5 Å². The van der Waals surface area contributed by atoms with E-state index in [0.717, 1.165) is 29.7 Å². The molecule has 1 aromatic carbocycles. The van der Waals surface area contributed by atoms with Crippen molar-refractivity contribution in [1.82, 2.24) is 14.4 Å². The normalized spacial score (nSPS) is 21.5. The molecule has 2 aromatic rings. The van der Waals surface area contributed by atoms with E-state index in [9.17, 15) is 4.79 Å². The topological polar surface area (TPSA) is 63.7 Å². The van der Waals surface area contributed by atoms with Gasteiger partial charge in [0, 0.05) is 36.2 Å². The van der Waals surface area contributed by atoms with Crippen LogP contribution in [0.4, 0.5) is 0 Å². The maximum Gasteiger partial charge on any atom is 0.237 e. The number of hydrogen-bond acceptors (Lipinski definition) is 4. The van der Waals surface area contributed by atoms with E-state index in [1.807, 2.05) is 16.7 Å². The molecule has 0 bridgehead atoms. The van der Waals surface area contributed by atoms with E-state index in [2.05, 4.69) is 22.1 Å². The molecule has 2 N–H and O–H groups in total. The maximum atomic E-state index is 11.6. The number of primary amides is 1. The number of benzene rings is 1. The van der Waals surface area contributed by atoms with Crippen LogP contribution in [0.5, 0.6) is 5.75 Å². The Morgan fingerprint density at radius 3 is 2.69 bits per heavy atom. The Kier molecular flexibility index (Phi) is 6.40. The molecule has 4 rings (SSSR count). The first-order valence-electron chi connectivity index (χ1n) is 11.0. The predicted molar refractivity (Wildman–Crippen MR) is 116 cm³/mol. The van der Waals surface area contributed by atoms with Gasteiger partial charge in [-0.3, -0.25) is 9.69 Å². The van der Waals surface area contributed by atoms with E-state index < -0.39 is 0 Å². The highest BCUT2D eigenvalue weighted by molar-refractivity contribution is 5.87. The van der Waals surface area contributed by atoms with Gasteiger partial charge in [-0.15, -0.1) is 0 Å². The van der Waals surface area contributed by atoms with Crippen molar-refractivity contribution in [3.05, 3.63) is 30.0 Å². The quantitative estimate of drug-likeness (QED) is 0.779. The summed E-state index contributed by atoms with van der Waals surface area (Å²) >= 11 is 0. The number of rotatable bonds is 7. The Hall–Kier alpha value is -2.05. The average molecular weight is 399 g/mol. The lowest BCUT2D eigenvalue weighted by Gasteiger charge is -2.39. The number of carbonyl (C=O) groups is 1. The van der Waals surface area contributed by atoms with Crippen LogP contribution in [-0.2, 0) is 17.9 Å². The van der Waals surface area contributed by atoms with Crippen molar-refractivity contribution in [3.63, 3.8) is 0 Å². The molecule has 2 aliphatic heterocycles. The fourth-order valence-corrected chi connectivity index (χ4v) is 5.04. The summed E-state index contributed by atoms with van der Waals surface area (Å²) in [6, 6.07) is 6.68. The lowest BCUT2D eigenvalue weighted by atomic mass is 9.99. The van der Waals surface area contributed by atoms with E-state index in [1.54, 1.807) is 7.11 Å². The van der Waals surface area contributed by atoms with Crippen LogP contribution in [0.1, 0.15) is 44.1 Å². The standard InChI is InChI=1S/C23H34N4O2/c1-29-20-8-9-22-21(13-20)18(15-27(22)17-23(24)28)14-26-12-6-3-7-19(26)16-25-10-4-2-5-11-25/h8-9,13,15,19H,2-7,10-12,14,16-17H2,1H3,(H2,24,28). The molecular formula is C23H34N4O2. The Morgan fingerprint density at radius 2 is 1.93 bits per heavy atom. The summed E-state index contributed by atoms with van der Waals surface area (Å²) in [6.07, 6.45) is 10.0. The first-order valence-corrected chi connectivity index (χ1v) is 11.0. The second kappa shape index (κ2) is 9.18. The van der Waals surface area contributed by atoms with Crippen LogP contribution in [0, 0.1) is 0 Å². The average Bonchev–Trinajstić information content (AvgIpc) is 3.06. The molecule has 3 heterocycles. The van der Waals surface area contributed by atoms with E-state index in [0.29, 0.717) is 6.04 Å². The molecular weight excluding hydrogens is 364 g/mol. The molecule has 1 aromatic heterocycles. The van der Waals surface area contributed by atoms with Gasteiger partial charge in [0.15, 0.2) is 0 Å². The van der Waals surface area contributed by atoms with Gasteiger partial charge in [-0.1, -0.05) is 12.8 Å². The number of hydrogen-bond donors (Lipinski definition) is 1. The van der Waals surface area contributed by atoms with Crippen LogP contribution in [0.25, 0.3) is 10.9 Å². The van der Waals surface area contributed by atoms with Crippen LogP contribution in [0.2, 0.25) is 0 Å². The van der Waals surface area contributed by atoms with Gasteiger partial charge >= 0.3 is 0 Å². The third-order valence-corrected chi connectivity index (χ3v) is 6.54. The number of ether oxygens (including phenoxy) is 1. The van der Waals surface area contributed by atoms with Gasteiger partial charge < -0.3 is 19.9 Å². The highest BCUT2D eigenvalue weighted by Crippen LogP contribution is 2.29. The highest BCUT2D eigenvalue weighted by atomic mass is 16.5. The Balaban J connectivity index is 1.58. The number of amides is 1. The molecule has 6 nitrogen and oxygen atoms in total. The van der Waals surface area contributed by atoms with Crippen molar-refractivity contribution in [2.75, 3.05) is 33.3 Å². The van der Waals surface area contributed by atoms with Crippen LogP contribution in [0.3, 0.4) is 0 Å². The number of piperidine rings is 2. The van der Waals surface area contributed by atoms with Crippen LogP contribution in [0.15, 0.2) is 24.4 Å². The molecule has 2 saturated heterocycles. The van der Waals surface area contributed by atoms with Gasteiger partial charge in [-0.2, -0.15) is 0 Å². The molecule has 0 radical (unpaired) electrons. The smallest absolute Gasteiger partial charge is 0.237 e. The van der Waals surface area contributed by atoms with Crippen molar-refractivity contribution >= 4 is 16.8 Å². The SMILES string of the molecule is COc1ccc2c(c1)c(CN1CCCCC1CN1CCCCC1)cn2CC(N)=O. The number of aromatic nitrogens is 1. The Bertz CT molecular complexity index is 841. The number of fused-ring (bicyclic) bond motifs is 1.